The highest BCUT2D eigenvalue weighted by molar-refractivity contribution is 5.93. The van der Waals surface area contributed by atoms with E-state index in [1.165, 1.54) is 12.0 Å². The van der Waals surface area contributed by atoms with Crippen LogP contribution < -0.4 is 10.6 Å². The summed E-state index contributed by atoms with van der Waals surface area (Å²) in [4.78, 5) is 34.4. The Hall–Kier alpha value is -3.22. The van der Waals surface area contributed by atoms with Gasteiger partial charge in [-0.15, -0.1) is 0 Å². The molecular weight excluding hydrogens is 414 g/mol. The number of hydrogen-bond acceptors (Lipinski definition) is 4. The number of pyridine rings is 2. The standard InChI is InChI=1S/C26H33N5O2/c1-3-19(2)29-24(32)15-21-17-31-22(10-7-11-23(31)30-21)25(33)28-18-26(12-5-4-6-13-26)20-9-8-14-27-16-20/h7-11,14,16-17,19H,3-6,12-13,15,18H2,1-2H3,(H,28,33)(H,29,32). The van der Waals surface area contributed by atoms with Crippen LogP contribution in [-0.4, -0.2) is 38.8 Å². The summed E-state index contributed by atoms with van der Waals surface area (Å²) in [6, 6.07) is 9.70. The van der Waals surface area contributed by atoms with Crippen LogP contribution in [0.2, 0.25) is 0 Å². The van der Waals surface area contributed by atoms with Gasteiger partial charge in [0.05, 0.1) is 12.1 Å². The van der Waals surface area contributed by atoms with Crippen molar-refractivity contribution in [2.45, 2.75) is 70.3 Å². The summed E-state index contributed by atoms with van der Waals surface area (Å²) in [5.74, 6) is -0.197. The molecule has 1 unspecified atom stereocenters. The van der Waals surface area contributed by atoms with Crippen LogP contribution in [0.3, 0.4) is 0 Å². The predicted octanol–water partition coefficient (Wildman–Crippen LogP) is 3.82. The smallest absolute Gasteiger partial charge is 0.268 e. The lowest BCUT2D eigenvalue weighted by molar-refractivity contribution is -0.121. The van der Waals surface area contributed by atoms with Gasteiger partial charge >= 0.3 is 0 Å². The maximum Gasteiger partial charge on any atom is 0.268 e. The van der Waals surface area contributed by atoms with Crippen molar-refractivity contribution in [3.05, 3.63) is 65.9 Å². The van der Waals surface area contributed by atoms with Crippen molar-refractivity contribution in [2.24, 2.45) is 0 Å². The van der Waals surface area contributed by atoms with Gasteiger partial charge in [0.2, 0.25) is 5.91 Å². The first-order valence-electron chi connectivity index (χ1n) is 12.0. The minimum Gasteiger partial charge on any atom is -0.353 e. The molecule has 0 saturated heterocycles. The van der Waals surface area contributed by atoms with Gasteiger partial charge < -0.3 is 10.6 Å². The van der Waals surface area contributed by atoms with E-state index < -0.39 is 0 Å². The molecule has 2 amide bonds. The number of hydrogen-bond donors (Lipinski definition) is 2. The highest BCUT2D eigenvalue weighted by Gasteiger charge is 2.34. The maximum absolute atomic E-state index is 13.2. The Balaban J connectivity index is 1.51. The molecule has 1 saturated carbocycles. The third-order valence-electron chi connectivity index (χ3n) is 6.81. The normalized spacial score (nSPS) is 16.3. The molecule has 7 heteroatoms. The summed E-state index contributed by atoms with van der Waals surface area (Å²) in [7, 11) is 0. The number of nitrogens with zero attached hydrogens (tertiary/aromatic N) is 3. The van der Waals surface area contributed by atoms with E-state index in [4.69, 9.17) is 0 Å². The molecule has 33 heavy (non-hydrogen) atoms. The predicted molar refractivity (Wildman–Crippen MR) is 128 cm³/mol. The van der Waals surface area contributed by atoms with Gasteiger partial charge in [0, 0.05) is 36.6 Å². The molecule has 4 rings (SSSR count). The maximum atomic E-state index is 13.2. The summed E-state index contributed by atoms with van der Waals surface area (Å²) < 4.78 is 1.78. The molecule has 1 aliphatic carbocycles. The number of carbonyl (C=O) groups is 2. The monoisotopic (exact) mass is 447 g/mol. The second kappa shape index (κ2) is 10.1. The van der Waals surface area contributed by atoms with Crippen molar-refractivity contribution in [3.63, 3.8) is 0 Å². The van der Waals surface area contributed by atoms with Crippen molar-refractivity contribution in [1.29, 1.82) is 0 Å². The fourth-order valence-corrected chi connectivity index (χ4v) is 4.74. The highest BCUT2D eigenvalue weighted by atomic mass is 16.2. The van der Waals surface area contributed by atoms with Gasteiger partial charge in [-0.25, -0.2) is 4.98 Å². The molecule has 1 aliphatic rings. The Kier molecular flexibility index (Phi) is 7.06. The number of nitrogens with one attached hydrogen (secondary N) is 2. The van der Waals surface area contributed by atoms with E-state index in [1.807, 2.05) is 38.2 Å². The van der Waals surface area contributed by atoms with Gasteiger partial charge in [0.25, 0.3) is 5.91 Å². The van der Waals surface area contributed by atoms with E-state index in [-0.39, 0.29) is 29.7 Å². The average molecular weight is 448 g/mol. The summed E-state index contributed by atoms with van der Waals surface area (Å²) in [5.41, 5.74) is 2.94. The van der Waals surface area contributed by atoms with Crippen LogP contribution in [0.5, 0.6) is 0 Å². The van der Waals surface area contributed by atoms with Gasteiger partial charge in [-0.2, -0.15) is 0 Å². The van der Waals surface area contributed by atoms with Crippen LogP contribution in [0, 0.1) is 0 Å². The SMILES string of the molecule is CCC(C)NC(=O)Cc1cn2c(C(=O)NCC3(c4cccnc4)CCCCC3)cccc2n1. The lowest BCUT2D eigenvalue weighted by Gasteiger charge is -2.37. The van der Waals surface area contributed by atoms with Crippen LogP contribution in [0.4, 0.5) is 0 Å². The number of imidazole rings is 1. The minimum atomic E-state index is -0.137. The van der Waals surface area contributed by atoms with Gasteiger partial charge in [-0.05, 0) is 49.9 Å². The number of aromatic nitrogens is 3. The van der Waals surface area contributed by atoms with Crippen molar-refractivity contribution in [3.8, 4) is 0 Å². The Morgan fingerprint density at radius 3 is 2.70 bits per heavy atom. The van der Waals surface area contributed by atoms with Gasteiger partial charge in [-0.1, -0.05) is 38.3 Å². The molecule has 1 fully saturated rings. The van der Waals surface area contributed by atoms with E-state index in [9.17, 15) is 9.59 Å². The van der Waals surface area contributed by atoms with Crippen LogP contribution in [-0.2, 0) is 16.6 Å². The molecule has 0 radical (unpaired) electrons. The molecular formula is C26H33N5O2. The molecule has 3 heterocycles. The van der Waals surface area contributed by atoms with Crippen molar-refractivity contribution in [1.82, 2.24) is 25.0 Å². The quantitative estimate of drug-likeness (QED) is 0.549. The first-order chi connectivity index (χ1) is 16.0. The molecule has 0 aliphatic heterocycles. The van der Waals surface area contributed by atoms with E-state index in [0.29, 0.717) is 23.6 Å². The van der Waals surface area contributed by atoms with Crippen molar-refractivity contribution < 1.29 is 9.59 Å². The van der Waals surface area contributed by atoms with E-state index in [2.05, 4.69) is 26.7 Å². The summed E-state index contributed by atoms with van der Waals surface area (Å²) in [5, 5.41) is 6.15. The summed E-state index contributed by atoms with van der Waals surface area (Å²) in [6.07, 6.45) is 12.2. The first kappa shape index (κ1) is 23.0. The third kappa shape index (κ3) is 5.24. The molecule has 7 nitrogen and oxygen atoms in total. The largest absolute Gasteiger partial charge is 0.353 e. The van der Waals surface area contributed by atoms with Gasteiger partial charge in [0.1, 0.15) is 11.3 Å². The average Bonchev–Trinajstić information content (AvgIpc) is 3.25. The Bertz CT molecular complexity index is 1100. The molecule has 0 aromatic carbocycles. The van der Waals surface area contributed by atoms with E-state index >= 15 is 0 Å². The topological polar surface area (TPSA) is 88.4 Å². The fourth-order valence-electron chi connectivity index (χ4n) is 4.74. The molecule has 2 N–H and O–H groups in total. The minimum absolute atomic E-state index is 0.0607. The Morgan fingerprint density at radius 1 is 1.15 bits per heavy atom. The zero-order chi connectivity index (χ0) is 23.3. The van der Waals surface area contributed by atoms with E-state index in [1.54, 1.807) is 22.9 Å². The molecule has 3 aromatic rings. The van der Waals surface area contributed by atoms with Crippen LogP contribution >= 0.6 is 0 Å². The van der Waals surface area contributed by atoms with Crippen LogP contribution in [0.1, 0.15) is 74.1 Å². The lowest BCUT2D eigenvalue weighted by Crippen LogP contribution is -2.42. The highest BCUT2D eigenvalue weighted by Crippen LogP contribution is 2.38. The van der Waals surface area contributed by atoms with Crippen LogP contribution in [0.25, 0.3) is 5.65 Å². The summed E-state index contributed by atoms with van der Waals surface area (Å²) >= 11 is 0. The second-order valence-corrected chi connectivity index (χ2v) is 9.19. The molecule has 0 bridgehead atoms. The molecule has 3 aromatic heterocycles. The zero-order valence-corrected chi connectivity index (χ0v) is 19.5. The lowest BCUT2D eigenvalue weighted by atomic mass is 9.70. The van der Waals surface area contributed by atoms with Crippen LogP contribution in [0.15, 0.2) is 48.9 Å². The first-order valence-corrected chi connectivity index (χ1v) is 12.0. The van der Waals surface area contributed by atoms with Gasteiger partial charge in [-0.3, -0.25) is 19.0 Å². The van der Waals surface area contributed by atoms with Crippen molar-refractivity contribution in [2.75, 3.05) is 6.54 Å². The van der Waals surface area contributed by atoms with Crippen molar-refractivity contribution >= 4 is 17.5 Å². The third-order valence-corrected chi connectivity index (χ3v) is 6.81. The number of rotatable bonds is 8. The van der Waals surface area contributed by atoms with Gasteiger partial charge in [0.15, 0.2) is 0 Å². The molecule has 0 spiro atoms. The number of carbonyl (C=O) groups excluding carboxylic acids is 2. The second-order valence-electron chi connectivity index (χ2n) is 9.19. The number of fused-ring (bicyclic) bond motifs is 1. The number of amides is 2. The molecule has 174 valence electrons. The zero-order valence-electron chi connectivity index (χ0n) is 19.5. The molecule has 1 atom stereocenters. The fraction of sp³-hybridized carbons (Fsp3) is 0.462. The summed E-state index contributed by atoms with van der Waals surface area (Å²) in [6.45, 7) is 4.59. The Morgan fingerprint density at radius 2 is 1.97 bits per heavy atom. The Labute approximate surface area is 195 Å². The van der Waals surface area contributed by atoms with E-state index in [0.717, 1.165) is 32.1 Å².